The topological polar surface area (TPSA) is 76.8 Å². The number of carbonyl (C=O) groups is 1. The predicted octanol–water partition coefficient (Wildman–Crippen LogP) is 1.49. The molecular weight excluding hydrogens is 330 g/mol. The molecule has 1 amide bonds. The molecule has 0 radical (unpaired) electrons. The van der Waals surface area contributed by atoms with Crippen molar-refractivity contribution >= 4 is 5.91 Å². The summed E-state index contributed by atoms with van der Waals surface area (Å²) >= 11 is 0. The number of likely N-dealkylation sites (tertiary alicyclic amines) is 2. The van der Waals surface area contributed by atoms with Gasteiger partial charge in [-0.05, 0) is 42.5 Å². The molecule has 0 aromatic heterocycles. The molecule has 1 aromatic rings. The highest BCUT2D eigenvalue weighted by Crippen LogP contribution is 2.29. The predicted molar refractivity (Wildman–Crippen MR) is 97.6 cm³/mol. The van der Waals surface area contributed by atoms with Gasteiger partial charge in [-0.25, -0.2) is 0 Å². The molecule has 2 heterocycles. The zero-order valence-corrected chi connectivity index (χ0v) is 15.3. The lowest BCUT2D eigenvalue weighted by molar-refractivity contribution is -0.135. The van der Waals surface area contributed by atoms with E-state index in [1.54, 1.807) is 24.3 Å². The molecule has 2 bridgehead atoms. The number of nitriles is 1. The minimum Gasteiger partial charge on any atom is -0.491 e. The van der Waals surface area contributed by atoms with Gasteiger partial charge in [0.1, 0.15) is 18.5 Å². The lowest BCUT2D eigenvalue weighted by Crippen LogP contribution is -2.55. The number of benzene rings is 1. The Morgan fingerprint density at radius 3 is 2.50 bits per heavy atom. The van der Waals surface area contributed by atoms with Gasteiger partial charge >= 0.3 is 0 Å². The van der Waals surface area contributed by atoms with Gasteiger partial charge in [-0.3, -0.25) is 9.69 Å². The number of fused-ring (bicyclic) bond motifs is 2. The number of piperidine rings is 2. The normalized spacial score (nSPS) is 24.0. The van der Waals surface area contributed by atoms with Crippen molar-refractivity contribution in [2.45, 2.75) is 25.9 Å². The van der Waals surface area contributed by atoms with Crippen LogP contribution in [0.3, 0.4) is 0 Å². The van der Waals surface area contributed by atoms with Crippen LogP contribution in [0, 0.1) is 23.2 Å². The van der Waals surface area contributed by atoms with Gasteiger partial charge in [0, 0.05) is 39.1 Å². The molecule has 140 valence electrons. The highest BCUT2D eigenvalue weighted by Gasteiger charge is 2.35. The summed E-state index contributed by atoms with van der Waals surface area (Å²) in [5.41, 5.74) is 0.591. The Kier molecular flexibility index (Phi) is 6.12. The standard InChI is InChI=1S/C20H27N3O3/c1-2-20(25)23-11-16-7-17(12-23)10-22(9-16)13-18(24)14-26-19-5-3-15(8-21)4-6-19/h3-6,16-18,24H,2,7,9-14H2,1H3/t16?,17?,18-/m0/s1. The van der Waals surface area contributed by atoms with Crippen LogP contribution in [-0.2, 0) is 4.79 Å². The largest absolute Gasteiger partial charge is 0.491 e. The number of hydrogen-bond acceptors (Lipinski definition) is 5. The van der Waals surface area contributed by atoms with Crippen LogP contribution in [0.2, 0.25) is 0 Å². The average Bonchev–Trinajstić information content (AvgIpc) is 2.65. The lowest BCUT2D eigenvalue weighted by atomic mass is 9.84. The van der Waals surface area contributed by atoms with E-state index in [0.717, 1.165) is 26.2 Å². The van der Waals surface area contributed by atoms with Crippen LogP contribution in [0.1, 0.15) is 25.3 Å². The van der Waals surface area contributed by atoms with Gasteiger partial charge in [0.05, 0.1) is 11.6 Å². The van der Waals surface area contributed by atoms with E-state index in [0.29, 0.717) is 36.1 Å². The van der Waals surface area contributed by atoms with E-state index >= 15 is 0 Å². The summed E-state index contributed by atoms with van der Waals surface area (Å²) in [6.07, 6.45) is 1.20. The first kappa shape index (κ1) is 18.7. The zero-order valence-electron chi connectivity index (χ0n) is 15.3. The highest BCUT2D eigenvalue weighted by atomic mass is 16.5. The molecule has 2 saturated heterocycles. The minimum absolute atomic E-state index is 0.234. The summed E-state index contributed by atoms with van der Waals surface area (Å²) in [6, 6.07) is 8.97. The van der Waals surface area contributed by atoms with E-state index in [2.05, 4.69) is 11.0 Å². The van der Waals surface area contributed by atoms with Crippen molar-refractivity contribution in [3.05, 3.63) is 29.8 Å². The van der Waals surface area contributed by atoms with E-state index in [1.807, 2.05) is 11.8 Å². The van der Waals surface area contributed by atoms with Crippen LogP contribution < -0.4 is 4.74 Å². The van der Waals surface area contributed by atoms with E-state index in [-0.39, 0.29) is 12.5 Å². The fraction of sp³-hybridized carbons (Fsp3) is 0.600. The third-order valence-electron chi connectivity index (χ3n) is 5.21. The van der Waals surface area contributed by atoms with Crippen LogP contribution in [0.4, 0.5) is 0 Å². The van der Waals surface area contributed by atoms with Crippen molar-refractivity contribution < 1.29 is 14.6 Å². The van der Waals surface area contributed by atoms with Crippen molar-refractivity contribution in [2.24, 2.45) is 11.8 Å². The van der Waals surface area contributed by atoms with Crippen molar-refractivity contribution in [1.29, 1.82) is 5.26 Å². The van der Waals surface area contributed by atoms with Crippen LogP contribution in [0.5, 0.6) is 5.75 Å². The van der Waals surface area contributed by atoms with Crippen molar-refractivity contribution in [2.75, 3.05) is 39.3 Å². The van der Waals surface area contributed by atoms with E-state index in [9.17, 15) is 9.90 Å². The Bertz CT molecular complexity index is 641. The van der Waals surface area contributed by atoms with Gasteiger partial charge in [-0.2, -0.15) is 5.26 Å². The molecular formula is C20H27N3O3. The fourth-order valence-electron chi connectivity index (χ4n) is 4.13. The second-order valence-corrected chi connectivity index (χ2v) is 7.44. The van der Waals surface area contributed by atoms with E-state index < -0.39 is 6.10 Å². The summed E-state index contributed by atoms with van der Waals surface area (Å²) < 4.78 is 5.63. The van der Waals surface area contributed by atoms with Crippen molar-refractivity contribution in [3.63, 3.8) is 0 Å². The molecule has 26 heavy (non-hydrogen) atoms. The second-order valence-electron chi connectivity index (χ2n) is 7.44. The molecule has 6 nitrogen and oxygen atoms in total. The Morgan fingerprint density at radius 1 is 1.27 bits per heavy atom. The number of aliphatic hydroxyl groups is 1. The zero-order chi connectivity index (χ0) is 18.5. The summed E-state index contributed by atoms with van der Waals surface area (Å²) in [7, 11) is 0. The smallest absolute Gasteiger partial charge is 0.222 e. The maximum absolute atomic E-state index is 12.0. The summed E-state index contributed by atoms with van der Waals surface area (Å²) in [5, 5.41) is 19.1. The Balaban J connectivity index is 1.44. The van der Waals surface area contributed by atoms with Gasteiger partial charge in [0.2, 0.25) is 5.91 Å². The van der Waals surface area contributed by atoms with Crippen molar-refractivity contribution in [3.8, 4) is 11.8 Å². The molecule has 1 N–H and O–H groups in total. The first-order valence-electron chi connectivity index (χ1n) is 9.38. The maximum Gasteiger partial charge on any atom is 0.222 e. The Labute approximate surface area is 155 Å². The first-order chi connectivity index (χ1) is 12.6. The molecule has 2 unspecified atom stereocenters. The lowest BCUT2D eigenvalue weighted by Gasteiger charge is -2.46. The fourth-order valence-corrected chi connectivity index (χ4v) is 4.13. The van der Waals surface area contributed by atoms with Crippen LogP contribution >= 0.6 is 0 Å². The minimum atomic E-state index is -0.558. The van der Waals surface area contributed by atoms with Gasteiger partial charge in [-0.1, -0.05) is 6.92 Å². The number of rotatable bonds is 6. The molecule has 0 saturated carbocycles. The molecule has 2 aliphatic rings. The molecule has 0 spiro atoms. The van der Waals surface area contributed by atoms with E-state index in [4.69, 9.17) is 10.00 Å². The van der Waals surface area contributed by atoms with Gasteiger partial charge in [0.25, 0.3) is 0 Å². The summed E-state index contributed by atoms with van der Waals surface area (Å²) in [4.78, 5) is 16.3. The molecule has 2 aliphatic heterocycles. The SMILES string of the molecule is CCC(=O)N1CC2CC(CN(C[C@H](O)COc3ccc(C#N)cc3)C2)C1. The second kappa shape index (κ2) is 8.52. The molecule has 0 aliphatic carbocycles. The van der Waals surface area contributed by atoms with Crippen molar-refractivity contribution in [1.82, 2.24) is 9.80 Å². The Hall–Kier alpha value is -2.10. The van der Waals surface area contributed by atoms with Gasteiger partial charge in [0.15, 0.2) is 0 Å². The maximum atomic E-state index is 12.0. The monoisotopic (exact) mass is 357 g/mol. The number of β-amino-alcohol motifs (C(OH)–C–C–N with tert-alkyl or cyclic N) is 1. The van der Waals surface area contributed by atoms with Crippen LogP contribution in [0.15, 0.2) is 24.3 Å². The number of hydrogen-bond donors (Lipinski definition) is 1. The third kappa shape index (κ3) is 4.75. The summed E-state index contributed by atoms with van der Waals surface area (Å²) in [6.45, 7) is 6.29. The Morgan fingerprint density at radius 2 is 1.92 bits per heavy atom. The molecule has 3 atom stereocenters. The van der Waals surface area contributed by atoms with Gasteiger partial charge < -0.3 is 14.7 Å². The first-order valence-corrected chi connectivity index (χ1v) is 9.38. The molecule has 1 aromatic carbocycles. The van der Waals surface area contributed by atoms with E-state index in [1.165, 1.54) is 6.42 Å². The number of carbonyl (C=O) groups excluding carboxylic acids is 1. The molecule has 3 rings (SSSR count). The quantitative estimate of drug-likeness (QED) is 0.835. The molecule has 2 fully saturated rings. The van der Waals surface area contributed by atoms with Gasteiger partial charge in [-0.15, -0.1) is 0 Å². The summed E-state index contributed by atoms with van der Waals surface area (Å²) in [5.74, 6) is 1.92. The number of aliphatic hydroxyl groups excluding tert-OH is 1. The number of nitrogens with zero attached hydrogens (tertiary/aromatic N) is 3. The average molecular weight is 357 g/mol. The molecule has 6 heteroatoms. The number of amides is 1. The highest BCUT2D eigenvalue weighted by molar-refractivity contribution is 5.75. The van der Waals surface area contributed by atoms with Crippen LogP contribution in [-0.4, -0.2) is 66.2 Å². The van der Waals surface area contributed by atoms with Crippen LogP contribution in [0.25, 0.3) is 0 Å². The third-order valence-corrected chi connectivity index (χ3v) is 5.21. The number of ether oxygens (including phenoxy) is 1.